The molecule has 0 radical (unpaired) electrons. The molecule has 20 heavy (non-hydrogen) atoms. The first-order chi connectivity index (χ1) is 9.33. The minimum absolute atomic E-state index is 0.340. The fourth-order valence-corrected chi connectivity index (χ4v) is 6.04. The van der Waals surface area contributed by atoms with Crippen molar-refractivity contribution < 1.29 is 13.5 Å². The van der Waals surface area contributed by atoms with E-state index in [1.165, 1.54) is 0 Å². The fraction of sp³-hybridized carbons (Fsp3) is 0.600. The topological polar surface area (TPSA) is 57.6 Å². The van der Waals surface area contributed by atoms with E-state index >= 15 is 0 Å². The lowest BCUT2D eigenvalue weighted by Gasteiger charge is -2.36. The first-order valence-corrected chi connectivity index (χ1v) is 8.67. The lowest BCUT2D eigenvalue weighted by molar-refractivity contribution is 0.0173. The maximum atomic E-state index is 12.1. The standard InChI is InChI=1S/C15H21NO3S/c1-16(2)12-5-3-11(4-6-12)15(17)9-13-7-8-14(10-15)20(13,18)19/h3-6,13-14,17H,7-10H2,1-2H3. The summed E-state index contributed by atoms with van der Waals surface area (Å²) < 4.78 is 24.2. The van der Waals surface area contributed by atoms with Crippen LogP contribution in [0.15, 0.2) is 24.3 Å². The van der Waals surface area contributed by atoms with E-state index in [9.17, 15) is 13.5 Å². The largest absolute Gasteiger partial charge is 0.385 e. The second-order valence-electron chi connectivity index (χ2n) is 6.29. The Morgan fingerprint density at radius 3 is 2.05 bits per heavy atom. The maximum absolute atomic E-state index is 12.1. The average Bonchev–Trinajstić information content (AvgIpc) is 2.59. The number of fused-ring (bicyclic) bond motifs is 2. The average molecular weight is 295 g/mol. The minimum atomic E-state index is -3.00. The van der Waals surface area contributed by atoms with E-state index < -0.39 is 15.4 Å². The fourth-order valence-electron chi connectivity index (χ4n) is 3.55. The van der Waals surface area contributed by atoms with Gasteiger partial charge < -0.3 is 10.0 Å². The molecular formula is C15H21NO3S. The number of rotatable bonds is 2. The quantitative estimate of drug-likeness (QED) is 0.902. The summed E-state index contributed by atoms with van der Waals surface area (Å²) >= 11 is 0. The summed E-state index contributed by atoms with van der Waals surface area (Å²) in [5.41, 5.74) is 0.931. The molecule has 1 aromatic carbocycles. The summed E-state index contributed by atoms with van der Waals surface area (Å²) in [5.74, 6) is 0. The van der Waals surface area contributed by atoms with Crippen LogP contribution in [0.2, 0.25) is 0 Å². The summed E-state index contributed by atoms with van der Waals surface area (Å²) in [5, 5.41) is 10.2. The highest BCUT2D eigenvalue weighted by Gasteiger charge is 2.53. The summed E-state index contributed by atoms with van der Waals surface area (Å²) in [4.78, 5) is 2.00. The van der Waals surface area contributed by atoms with Gasteiger partial charge in [-0.1, -0.05) is 12.1 Å². The van der Waals surface area contributed by atoms with Crippen molar-refractivity contribution in [2.24, 2.45) is 0 Å². The molecule has 1 N–H and O–H groups in total. The molecule has 2 aliphatic rings. The van der Waals surface area contributed by atoms with Gasteiger partial charge >= 0.3 is 0 Å². The molecule has 0 spiro atoms. The van der Waals surface area contributed by atoms with Gasteiger partial charge in [-0.3, -0.25) is 0 Å². The Bertz CT molecular complexity index is 587. The van der Waals surface area contributed by atoms with Crippen LogP contribution >= 0.6 is 0 Å². The number of aliphatic hydroxyl groups is 1. The third kappa shape index (κ3) is 2.04. The van der Waals surface area contributed by atoms with Crippen LogP contribution in [-0.2, 0) is 15.4 Å². The molecule has 110 valence electrons. The summed E-state index contributed by atoms with van der Waals surface area (Å²) in [6.45, 7) is 0. The van der Waals surface area contributed by atoms with Crippen LogP contribution in [0, 0.1) is 0 Å². The Morgan fingerprint density at radius 1 is 1.10 bits per heavy atom. The van der Waals surface area contributed by atoms with Crippen molar-refractivity contribution >= 4 is 15.5 Å². The van der Waals surface area contributed by atoms with Crippen molar-refractivity contribution in [3.8, 4) is 0 Å². The molecular weight excluding hydrogens is 274 g/mol. The van der Waals surface area contributed by atoms with Gasteiger partial charge in [-0.15, -0.1) is 0 Å². The zero-order valence-corrected chi connectivity index (χ0v) is 12.7. The van der Waals surface area contributed by atoms with Crippen LogP contribution in [0.25, 0.3) is 0 Å². The van der Waals surface area contributed by atoms with Gasteiger partial charge in [0.25, 0.3) is 0 Å². The highest BCUT2D eigenvalue weighted by atomic mass is 32.2. The normalized spacial score (nSPS) is 35.0. The zero-order chi connectivity index (χ0) is 14.5. The third-order valence-corrected chi connectivity index (χ3v) is 7.45. The monoisotopic (exact) mass is 295 g/mol. The Morgan fingerprint density at radius 2 is 1.60 bits per heavy atom. The molecule has 2 bridgehead atoms. The number of benzene rings is 1. The third-order valence-electron chi connectivity index (χ3n) is 4.79. The van der Waals surface area contributed by atoms with Crippen LogP contribution in [0.1, 0.15) is 31.2 Å². The molecule has 2 fully saturated rings. The molecule has 0 aromatic heterocycles. The molecule has 2 saturated heterocycles. The van der Waals surface area contributed by atoms with E-state index in [1.807, 2.05) is 43.3 Å². The molecule has 0 aliphatic carbocycles. The smallest absolute Gasteiger partial charge is 0.156 e. The predicted molar refractivity (Wildman–Crippen MR) is 79.6 cm³/mol. The van der Waals surface area contributed by atoms with Crippen molar-refractivity contribution in [1.82, 2.24) is 0 Å². The van der Waals surface area contributed by atoms with Crippen molar-refractivity contribution in [3.63, 3.8) is 0 Å². The first-order valence-electron chi connectivity index (χ1n) is 7.06. The molecule has 5 heteroatoms. The Balaban J connectivity index is 1.91. The van der Waals surface area contributed by atoms with E-state index in [1.54, 1.807) is 0 Å². The van der Waals surface area contributed by atoms with Crippen molar-refractivity contribution in [3.05, 3.63) is 29.8 Å². The SMILES string of the molecule is CN(C)c1ccc(C2(O)CC3CCC(C2)S3(=O)=O)cc1. The zero-order valence-electron chi connectivity index (χ0n) is 11.9. The van der Waals surface area contributed by atoms with Crippen LogP contribution in [0.3, 0.4) is 0 Å². The minimum Gasteiger partial charge on any atom is -0.385 e. The van der Waals surface area contributed by atoms with Gasteiger partial charge in [0.15, 0.2) is 9.84 Å². The summed E-state index contributed by atoms with van der Waals surface area (Å²) in [6.07, 6.45) is 2.08. The van der Waals surface area contributed by atoms with Crippen LogP contribution in [0.4, 0.5) is 5.69 Å². The van der Waals surface area contributed by atoms with E-state index in [4.69, 9.17) is 0 Å². The van der Waals surface area contributed by atoms with Crippen LogP contribution in [-0.4, -0.2) is 38.1 Å². The molecule has 1 aromatic rings. The van der Waals surface area contributed by atoms with Crippen molar-refractivity contribution in [1.29, 1.82) is 0 Å². The van der Waals surface area contributed by atoms with Gasteiger partial charge in [0.05, 0.1) is 16.1 Å². The van der Waals surface area contributed by atoms with Crippen molar-refractivity contribution in [2.75, 3.05) is 19.0 Å². The lowest BCUT2D eigenvalue weighted by Crippen LogP contribution is -2.43. The Labute approximate surface area is 120 Å². The molecule has 2 aliphatic heterocycles. The second kappa shape index (κ2) is 4.46. The predicted octanol–water partition coefficient (Wildman–Crippen LogP) is 1.68. The van der Waals surface area contributed by atoms with Gasteiger partial charge in [0, 0.05) is 19.8 Å². The molecule has 2 unspecified atom stereocenters. The highest BCUT2D eigenvalue weighted by Crippen LogP contribution is 2.47. The number of hydrogen-bond acceptors (Lipinski definition) is 4. The van der Waals surface area contributed by atoms with Crippen molar-refractivity contribution in [2.45, 2.75) is 41.8 Å². The molecule has 2 atom stereocenters. The first kappa shape index (κ1) is 13.9. The van der Waals surface area contributed by atoms with Gasteiger partial charge in [-0.25, -0.2) is 8.42 Å². The number of nitrogens with zero attached hydrogens (tertiary/aromatic N) is 1. The molecule has 4 nitrogen and oxygen atoms in total. The van der Waals surface area contributed by atoms with Gasteiger partial charge in [0.2, 0.25) is 0 Å². The molecule has 0 amide bonds. The van der Waals surface area contributed by atoms with Gasteiger partial charge in [-0.2, -0.15) is 0 Å². The maximum Gasteiger partial charge on any atom is 0.156 e. The number of sulfone groups is 1. The molecule has 3 rings (SSSR count). The summed E-state index contributed by atoms with van der Waals surface area (Å²) in [7, 11) is 0.941. The van der Waals surface area contributed by atoms with Crippen LogP contribution in [0.5, 0.6) is 0 Å². The second-order valence-corrected chi connectivity index (χ2v) is 8.80. The number of hydrogen-bond donors (Lipinski definition) is 1. The highest BCUT2D eigenvalue weighted by molar-refractivity contribution is 7.93. The van der Waals surface area contributed by atoms with E-state index in [2.05, 4.69) is 0 Å². The Kier molecular flexibility index (Phi) is 3.10. The van der Waals surface area contributed by atoms with Crippen LogP contribution < -0.4 is 4.90 Å². The Hall–Kier alpha value is -1.07. The van der Waals surface area contributed by atoms with E-state index in [-0.39, 0.29) is 10.5 Å². The lowest BCUT2D eigenvalue weighted by atomic mass is 9.86. The van der Waals surface area contributed by atoms with E-state index in [0.717, 1.165) is 11.3 Å². The number of anilines is 1. The molecule has 0 saturated carbocycles. The van der Waals surface area contributed by atoms with Gasteiger partial charge in [-0.05, 0) is 43.4 Å². The summed E-state index contributed by atoms with van der Waals surface area (Å²) in [6, 6.07) is 7.79. The van der Waals surface area contributed by atoms with E-state index in [0.29, 0.717) is 25.7 Å². The molecule has 2 heterocycles. The van der Waals surface area contributed by atoms with Gasteiger partial charge in [0.1, 0.15) is 0 Å².